The first-order valence-corrected chi connectivity index (χ1v) is 6.15. The van der Waals surface area contributed by atoms with Crippen molar-refractivity contribution in [1.82, 2.24) is 5.32 Å². The van der Waals surface area contributed by atoms with Gasteiger partial charge in [0.1, 0.15) is 5.82 Å². The number of halogens is 1. The maximum absolute atomic E-state index is 13.2. The van der Waals surface area contributed by atoms with Gasteiger partial charge in [0, 0.05) is 13.2 Å². The number of benzene rings is 1. The van der Waals surface area contributed by atoms with Crippen molar-refractivity contribution in [2.24, 2.45) is 0 Å². The lowest BCUT2D eigenvalue weighted by molar-refractivity contribution is 0.0733. The van der Waals surface area contributed by atoms with E-state index in [2.05, 4.69) is 5.32 Å². The Labute approximate surface area is 103 Å². The molecule has 0 bridgehead atoms. The zero-order valence-corrected chi connectivity index (χ0v) is 10.9. The van der Waals surface area contributed by atoms with Gasteiger partial charge in [-0.2, -0.15) is 0 Å². The molecule has 0 aliphatic carbocycles. The molecule has 1 atom stereocenters. The second-order valence-electron chi connectivity index (χ2n) is 4.52. The van der Waals surface area contributed by atoms with E-state index in [-0.39, 0.29) is 11.9 Å². The van der Waals surface area contributed by atoms with Crippen molar-refractivity contribution in [3.8, 4) is 0 Å². The number of hydrogen-bond donors (Lipinski definition) is 1. The number of likely N-dealkylation sites (N-methyl/N-ethyl adjacent to an activating group) is 1. The molecule has 0 saturated carbocycles. The van der Waals surface area contributed by atoms with Crippen molar-refractivity contribution < 1.29 is 9.13 Å². The highest BCUT2D eigenvalue weighted by Gasteiger charge is 2.11. The van der Waals surface area contributed by atoms with Crippen LogP contribution in [0, 0.1) is 5.82 Å². The van der Waals surface area contributed by atoms with Crippen molar-refractivity contribution in [2.75, 3.05) is 20.2 Å². The van der Waals surface area contributed by atoms with Gasteiger partial charge in [0.2, 0.25) is 0 Å². The molecule has 0 radical (unpaired) electrons. The van der Waals surface area contributed by atoms with Gasteiger partial charge in [0.25, 0.3) is 0 Å². The SMILES string of the molecule is CNCC(CCOC(C)C)c1cccc(F)c1. The molecule has 0 spiro atoms. The maximum Gasteiger partial charge on any atom is 0.123 e. The van der Waals surface area contributed by atoms with Gasteiger partial charge >= 0.3 is 0 Å². The van der Waals surface area contributed by atoms with Crippen LogP contribution in [0.3, 0.4) is 0 Å². The summed E-state index contributed by atoms with van der Waals surface area (Å²) in [6, 6.07) is 6.82. The molecular weight excluding hydrogens is 217 g/mol. The zero-order valence-electron chi connectivity index (χ0n) is 10.9. The lowest BCUT2D eigenvalue weighted by Gasteiger charge is -2.18. The summed E-state index contributed by atoms with van der Waals surface area (Å²) in [5.41, 5.74) is 1.03. The zero-order chi connectivity index (χ0) is 12.7. The minimum atomic E-state index is -0.173. The van der Waals surface area contributed by atoms with Crippen LogP contribution in [0.1, 0.15) is 31.7 Å². The summed E-state index contributed by atoms with van der Waals surface area (Å²) in [5.74, 6) is 0.128. The van der Waals surface area contributed by atoms with Gasteiger partial charge in [-0.15, -0.1) is 0 Å². The molecule has 1 unspecified atom stereocenters. The summed E-state index contributed by atoms with van der Waals surface area (Å²) in [6.07, 6.45) is 1.15. The monoisotopic (exact) mass is 239 g/mol. The van der Waals surface area contributed by atoms with Crippen LogP contribution in [-0.2, 0) is 4.74 Å². The number of hydrogen-bond acceptors (Lipinski definition) is 2. The van der Waals surface area contributed by atoms with E-state index in [0.717, 1.165) is 18.5 Å². The van der Waals surface area contributed by atoms with Crippen LogP contribution in [0.2, 0.25) is 0 Å². The first-order chi connectivity index (χ1) is 8.13. The predicted octanol–water partition coefficient (Wildman–Crippen LogP) is 2.94. The first kappa shape index (κ1) is 14.1. The van der Waals surface area contributed by atoms with E-state index in [0.29, 0.717) is 12.5 Å². The molecule has 1 aromatic rings. The molecule has 3 heteroatoms. The largest absolute Gasteiger partial charge is 0.379 e. The average molecular weight is 239 g/mol. The Morgan fingerprint density at radius 2 is 2.12 bits per heavy atom. The molecule has 1 aromatic carbocycles. The maximum atomic E-state index is 13.2. The van der Waals surface area contributed by atoms with Crippen LogP contribution >= 0.6 is 0 Å². The van der Waals surface area contributed by atoms with Crippen LogP contribution < -0.4 is 5.32 Å². The second kappa shape index (κ2) is 7.41. The van der Waals surface area contributed by atoms with Crippen LogP contribution in [0.15, 0.2) is 24.3 Å². The standard InChI is InChI=1S/C14H22FNO/c1-11(2)17-8-7-13(10-16-3)12-5-4-6-14(15)9-12/h4-6,9,11,13,16H,7-8,10H2,1-3H3. The summed E-state index contributed by atoms with van der Waals surface area (Å²) in [6.45, 7) is 5.59. The smallest absolute Gasteiger partial charge is 0.123 e. The van der Waals surface area contributed by atoms with Gasteiger partial charge in [-0.3, -0.25) is 0 Å². The van der Waals surface area contributed by atoms with Crippen LogP contribution in [-0.4, -0.2) is 26.3 Å². The minimum Gasteiger partial charge on any atom is -0.379 e. The van der Waals surface area contributed by atoms with Gasteiger partial charge < -0.3 is 10.1 Å². The summed E-state index contributed by atoms with van der Waals surface area (Å²) in [4.78, 5) is 0. The van der Waals surface area contributed by atoms with Crippen molar-refractivity contribution in [3.63, 3.8) is 0 Å². The molecule has 96 valence electrons. The van der Waals surface area contributed by atoms with E-state index >= 15 is 0 Å². The fourth-order valence-corrected chi connectivity index (χ4v) is 1.84. The molecule has 17 heavy (non-hydrogen) atoms. The van der Waals surface area contributed by atoms with Gasteiger partial charge in [0.05, 0.1) is 6.10 Å². The van der Waals surface area contributed by atoms with Crippen molar-refractivity contribution >= 4 is 0 Å². The Bertz CT molecular complexity index is 328. The van der Waals surface area contributed by atoms with E-state index in [9.17, 15) is 4.39 Å². The van der Waals surface area contributed by atoms with Gasteiger partial charge in [-0.25, -0.2) is 4.39 Å². The van der Waals surface area contributed by atoms with Crippen LogP contribution in [0.5, 0.6) is 0 Å². The lowest BCUT2D eigenvalue weighted by Crippen LogP contribution is -2.19. The quantitative estimate of drug-likeness (QED) is 0.790. The second-order valence-corrected chi connectivity index (χ2v) is 4.52. The van der Waals surface area contributed by atoms with Crippen molar-refractivity contribution in [1.29, 1.82) is 0 Å². The Kier molecular flexibility index (Phi) is 6.16. The molecule has 0 aliphatic rings. The van der Waals surface area contributed by atoms with Crippen molar-refractivity contribution in [3.05, 3.63) is 35.6 Å². The molecule has 0 heterocycles. The highest BCUT2D eigenvalue weighted by Crippen LogP contribution is 2.20. The fourth-order valence-electron chi connectivity index (χ4n) is 1.84. The van der Waals surface area contributed by atoms with Crippen molar-refractivity contribution in [2.45, 2.75) is 32.3 Å². The molecule has 0 fully saturated rings. The molecule has 2 nitrogen and oxygen atoms in total. The minimum absolute atomic E-state index is 0.173. The highest BCUT2D eigenvalue weighted by atomic mass is 19.1. The van der Waals surface area contributed by atoms with Crippen LogP contribution in [0.4, 0.5) is 4.39 Å². The Morgan fingerprint density at radius 1 is 1.35 bits per heavy atom. The normalized spacial score (nSPS) is 13.0. The molecule has 1 rings (SSSR count). The van der Waals surface area contributed by atoms with E-state index in [1.165, 1.54) is 6.07 Å². The fraction of sp³-hybridized carbons (Fsp3) is 0.571. The van der Waals surface area contributed by atoms with Gasteiger partial charge in [0.15, 0.2) is 0 Å². The van der Waals surface area contributed by atoms with E-state index in [1.54, 1.807) is 12.1 Å². The highest BCUT2D eigenvalue weighted by molar-refractivity contribution is 5.21. The molecule has 0 amide bonds. The third-order valence-electron chi connectivity index (χ3n) is 2.69. The topological polar surface area (TPSA) is 21.3 Å². The Morgan fingerprint density at radius 3 is 2.71 bits per heavy atom. The third kappa shape index (κ3) is 5.29. The van der Waals surface area contributed by atoms with Gasteiger partial charge in [-0.05, 0) is 50.9 Å². The molecule has 0 aromatic heterocycles. The van der Waals surface area contributed by atoms with E-state index < -0.39 is 0 Å². The summed E-state index contributed by atoms with van der Waals surface area (Å²) < 4.78 is 18.7. The summed E-state index contributed by atoms with van der Waals surface area (Å²) in [5, 5.41) is 3.15. The van der Waals surface area contributed by atoms with E-state index in [4.69, 9.17) is 4.74 Å². The van der Waals surface area contributed by atoms with Crippen LogP contribution in [0.25, 0.3) is 0 Å². The summed E-state index contributed by atoms with van der Waals surface area (Å²) >= 11 is 0. The molecule has 0 aliphatic heterocycles. The Hall–Kier alpha value is -0.930. The van der Waals surface area contributed by atoms with E-state index in [1.807, 2.05) is 27.0 Å². The number of ether oxygens (including phenoxy) is 1. The Balaban J connectivity index is 2.58. The number of nitrogens with one attached hydrogen (secondary N) is 1. The lowest BCUT2D eigenvalue weighted by atomic mass is 9.96. The molecule has 1 N–H and O–H groups in total. The summed E-state index contributed by atoms with van der Waals surface area (Å²) in [7, 11) is 1.91. The third-order valence-corrected chi connectivity index (χ3v) is 2.69. The van der Waals surface area contributed by atoms with Gasteiger partial charge in [-0.1, -0.05) is 12.1 Å². The first-order valence-electron chi connectivity index (χ1n) is 6.15. The molecular formula is C14H22FNO. The average Bonchev–Trinajstić information content (AvgIpc) is 2.27. The molecule has 0 saturated heterocycles. The number of rotatable bonds is 7. The predicted molar refractivity (Wildman–Crippen MR) is 68.8 cm³/mol.